The van der Waals surface area contributed by atoms with E-state index in [2.05, 4.69) is 35.5 Å². The molecule has 2 aliphatic rings. The van der Waals surface area contributed by atoms with Crippen molar-refractivity contribution in [3.63, 3.8) is 0 Å². The van der Waals surface area contributed by atoms with Crippen molar-refractivity contribution >= 4 is 28.1 Å². The number of hydrogen-bond donors (Lipinski definition) is 1. The first-order chi connectivity index (χ1) is 14.1. The fourth-order valence-corrected chi connectivity index (χ4v) is 4.68. The highest BCUT2D eigenvalue weighted by Gasteiger charge is 2.19. The molecule has 0 atom stereocenters. The number of nitrogens with one attached hydrogen (secondary N) is 1. The maximum atomic E-state index is 12.5. The van der Waals surface area contributed by atoms with Gasteiger partial charge in [0.2, 0.25) is 12.7 Å². The summed E-state index contributed by atoms with van der Waals surface area (Å²) in [6.45, 7) is 3.32. The minimum Gasteiger partial charge on any atom is -0.454 e. The van der Waals surface area contributed by atoms with Crippen molar-refractivity contribution in [3.8, 4) is 22.8 Å². The number of nitrogens with zero attached hydrogens (tertiary/aromatic N) is 2. The summed E-state index contributed by atoms with van der Waals surface area (Å²) in [4.78, 5) is 20.6. The highest BCUT2D eigenvalue weighted by Crippen LogP contribution is 2.35. The van der Waals surface area contributed by atoms with Crippen LogP contribution in [-0.4, -0.2) is 31.3 Å². The average molecular weight is 407 g/mol. The molecule has 2 aromatic carbocycles. The zero-order valence-electron chi connectivity index (χ0n) is 16.3. The van der Waals surface area contributed by atoms with E-state index in [-0.39, 0.29) is 19.1 Å². The summed E-state index contributed by atoms with van der Waals surface area (Å²) in [5, 5.41) is 3.56. The zero-order valence-corrected chi connectivity index (χ0v) is 17.1. The first-order valence-corrected chi connectivity index (χ1v) is 10.4. The SMILES string of the molecule is Cc1sc(NC(=O)Cc2ccc3c(c2)OCO3)nc1-c1ccc2c(c1)CCN2C. The van der Waals surface area contributed by atoms with E-state index in [1.165, 1.54) is 22.6 Å². The van der Waals surface area contributed by atoms with E-state index < -0.39 is 0 Å². The van der Waals surface area contributed by atoms with E-state index in [9.17, 15) is 4.79 Å². The third-order valence-electron chi connectivity index (χ3n) is 5.33. The van der Waals surface area contributed by atoms with Crippen molar-refractivity contribution in [2.24, 2.45) is 0 Å². The lowest BCUT2D eigenvalue weighted by atomic mass is 10.1. The maximum absolute atomic E-state index is 12.5. The van der Waals surface area contributed by atoms with Gasteiger partial charge >= 0.3 is 0 Å². The Hall–Kier alpha value is -3.06. The molecule has 0 aliphatic carbocycles. The number of likely N-dealkylation sites (N-methyl/N-ethyl adjacent to an activating group) is 1. The lowest BCUT2D eigenvalue weighted by molar-refractivity contribution is -0.115. The molecule has 0 radical (unpaired) electrons. The number of aromatic nitrogens is 1. The van der Waals surface area contributed by atoms with Crippen LogP contribution < -0.4 is 19.7 Å². The molecule has 0 saturated heterocycles. The third kappa shape index (κ3) is 3.42. The predicted molar refractivity (Wildman–Crippen MR) is 114 cm³/mol. The van der Waals surface area contributed by atoms with Gasteiger partial charge in [-0.25, -0.2) is 4.98 Å². The largest absolute Gasteiger partial charge is 0.454 e. The van der Waals surface area contributed by atoms with Gasteiger partial charge in [0.15, 0.2) is 16.6 Å². The standard InChI is InChI=1S/C22H21N3O3S/c1-13-21(16-4-5-17-15(11-16)7-8-25(17)2)24-22(29-13)23-20(26)10-14-3-6-18-19(9-14)28-12-27-18/h3-6,9,11H,7-8,10,12H2,1-2H3,(H,23,24,26). The van der Waals surface area contributed by atoms with Gasteiger partial charge in [0.05, 0.1) is 12.1 Å². The molecule has 0 unspecified atom stereocenters. The van der Waals surface area contributed by atoms with Crippen LogP contribution in [0.5, 0.6) is 11.5 Å². The molecule has 6 nitrogen and oxygen atoms in total. The van der Waals surface area contributed by atoms with Crippen LogP contribution in [0.2, 0.25) is 0 Å². The molecule has 7 heteroatoms. The molecule has 3 aromatic rings. The fraction of sp³-hybridized carbons (Fsp3) is 0.273. The predicted octanol–water partition coefficient (Wildman–Crippen LogP) is 4.02. The molecule has 1 aromatic heterocycles. The Bertz CT molecular complexity index is 1110. The number of carbonyl (C=O) groups excluding carboxylic acids is 1. The van der Waals surface area contributed by atoms with E-state index in [1.54, 1.807) is 0 Å². The summed E-state index contributed by atoms with van der Waals surface area (Å²) in [5.41, 5.74) is 5.56. The Labute approximate surface area is 173 Å². The molecular formula is C22H21N3O3S. The van der Waals surface area contributed by atoms with Crippen LogP contribution in [0.15, 0.2) is 36.4 Å². The molecule has 0 bridgehead atoms. The van der Waals surface area contributed by atoms with Gasteiger partial charge in [0, 0.05) is 29.7 Å². The van der Waals surface area contributed by atoms with E-state index in [1.807, 2.05) is 25.1 Å². The number of anilines is 2. The van der Waals surface area contributed by atoms with Gasteiger partial charge in [-0.05, 0) is 48.7 Å². The summed E-state index contributed by atoms with van der Waals surface area (Å²) in [7, 11) is 2.12. The van der Waals surface area contributed by atoms with Crippen LogP contribution >= 0.6 is 11.3 Å². The zero-order chi connectivity index (χ0) is 20.0. The lowest BCUT2D eigenvalue weighted by Crippen LogP contribution is -2.14. The van der Waals surface area contributed by atoms with Gasteiger partial charge in [-0.15, -0.1) is 11.3 Å². The number of fused-ring (bicyclic) bond motifs is 2. The van der Waals surface area contributed by atoms with E-state index >= 15 is 0 Å². The Balaban J connectivity index is 1.31. The number of benzene rings is 2. The Morgan fingerprint density at radius 3 is 2.97 bits per heavy atom. The second-order valence-electron chi connectivity index (χ2n) is 7.35. The highest BCUT2D eigenvalue weighted by molar-refractivity contribution is 7.16. The average Bonchev–Trinajstić information content (AvgIpc) is 3.40. The summed E-state index contributed by atoms with van der Waals surface area (Å²) >= 11 is 1.50. The molecule has 0 saturated carbocycles. The van der Waals surface area contributed by atoms with Crippen molar-refractivity contribution in [1.82, 2.24) is 4.98 Å². The quantitative estimate of drug-likeness (QED) is 0.708. The molecule has 0 spiro atoms. The Kier molecular flexibility index (Phi) is 4.39. The van der Waals surface area contributed by atoms with Gasteiger partial charge < -0.3 is 19.7 Å². The van der Waals surface area contributed by atoms with Gasteiger partial charge in [-0.2, -0.15) is 0 Å². The Morgan fingerprint density at radius 1 is 1.21 bits per heavy atom. The number of rotatable bonds is 4. The summed E-state index contributed by atoms with van der Waals surface area (Å²) in [5.74, 6) is 1.31. The molecular weight excluding hydrogens is 386 g/mol. The van der Waals surface area contributed by atoms with Crippen molar-refractivity contribution < 1.29 is 14.3 Å². The second-order valence-corrected chi connectivity index (χ2v) is 8.55. The van der Waals surface area contributed by atoms with Crippen molar-refractivity contribution in [2.75, 3.05) is 30.6 Å². The maximum Gasteiger partial charge on any atom is 0.231 e. The monoisotopic (exact) mass is 407 g/mol. The fourth-order valence-electron chi connectivity index (χ4n) is 3.83. The number of amides is 1. The van der Waals surface area contributed by atoms with Gasteiger partial charge in [0.25, 0.3) is 0 Å². The normalized spacial score (nSPS) is 14.2. The molecule has 2 aliphatic heterocycles. The number of carbonyl (C=O) groups is 1. The summed E-state index contributed by atoms with van der Waals surface area (Å²) in [6.07, 6.45) is 1.32. The van der Waals surface area contributed by atoms with Crippen LogP contribution in [0.1, 0.15) is 16.0 Å². The van der Waals surface area contributed by atoms with E-state index in [4.69, 9.17) is 14.5 Å². The first-order valence-electron chi connectivity index (χ1n) is 9.57. The number of aryl methyl sites for hydroxylation is 1. The molecule has 0 fully saturated rings. The number of thiazole rings is 1. The number of ether oxygens (including phenoxy) is 2. The smallest absolute Gasteiger partial charge is 0.231 e. The van der Waals surface area contributed by atoms with Crippen molar-refractivity contribution in [3.05, 3.63) is 52.4 Å². The Morgan fingerprint density at radius 2 is 2.07 bits per heavy atom. The summed E-state index contributed by atoms with van der Waals surface area (Å²) < 4.78 is 10.7. The second kappa shape index (κ2) is 7.08. The molecule has 3 heterocycles. The van der Waals surface area contributed by atoms with Gasteiger partial charge in [-0.1, -0.05) is 12.1 Å². The van der Waals surface area contributed by atoms with Crippen LogP contribution in [0.3, 0.4) is 0 Å². The van der Waals surface area contributed by atoms with Crippen LogP contribution in [-0.2, 0) is 17.6 Å². The molecule has 1 amide bonds. The van der Waals surface area contributed by atoms with E-state index in [0.29, 0.717) is 10.9 Å². The van der Waals surface area contributed by atoms with Crippen LogP contribution in [0.25, 0.3) is 11.3 Å². The van der Waals surface area contributed by atoms with Gasteiger partial charge in [0.1, 0.15) is 0 Å². The summed E-state index contributed by atoms with van der Waals surface area (Å²) in [6, 6.07) is 12.1. The molecule has 5 rings (SSSR count). The minimum absolute atomic E-state index is 0.0975. The minimum atomic E-state index is -0.0975. The molecule has 1 N–H and O–H groups in total. The van der Waals surface area contributed by atoms with Crippen LogP contribution in [0, 0.1) is 6.92 Å². The lowest BCUT2D eigenvalue weighted by Gasteiger charge is -2.11. The molecule has 29 heavy (non-hydrogen) atoms. The topological polar surface area (TPSA) is 63.7 Å². The first kappa shape index (κ1) is 18.0. The highest BCUT2D eigenvalue weighted by atomic mass is 32.1. The van der Waals surface area contributed by atoms with Crippen molar-refractivity contribution in [1.29, 1.82) is 0 Å². The van der Waals surface area contributed by atoms with Crippen molar-refractivity contribution in [2.45, 2.75) is 19.8 Å². The third-order valence-corrected chi connectivity index (χ3v) is 6.21. The molecule has 148 valence electrons. The number of hydrogen-bond acceptors (Lipinski definition) is 6. The van der Waals surface area contributed by atoms with E-state index in [0.717, 1.165) is 40.4 Å². The van der Waals surface area contributed by atoms with Gasteiger partial charge in [-0.3, -0.25) is 4.79 Å². The van der Waals surface area contributed by atoms with Crippen LogP contribution in [0.4, 0.5) is 10.8 Å².